The van der Waals surface area contributed by atoms with E-state index in [-0.39, 0.29) is 0 Å². The number of para-hydroxylation sites is 3. The molecule has 14 rings (SSSR count). The molecule has 0 aliphatic rings. The predicted octanol–water partition coefficient (Wildman–Crippen LogP) is 17.7. The third-order valence-electron chi connectivity index (χ3n) is 14.4. The number of hydrogen-bond donors (Lipinski definition) is 0. The molecule has 0 amide bonds. The van der Waals surface area contributed by atoms with Gasteiger partial charge in [0.1, 0.15) is 0 Å². The second-order valence-corrected chi connectivity index (χ2v) is 18.7. The topological polar surface area (TPSA) is 48.5 Å². The van der Waals surface area contributed by atoms with E-state index in [0.29, 0.717) is 17.5 Å². The molecule has 0 N–H and O–H groups in total. The average Bonchev–Trinajstić information content (AvgIpc) is 4.01. The minimum atomic E-state index is 0.593. The van der Waals surface area contributed by atoms with Crippen molar-refractivity contribution in [2.24, 2.45) is 0 Å². The fourth-order valence-corrected chi connectivity index (χ4v) is 11.0. The van der Waals surface area contributed by atoms with Crippen LogP contribution in [0.25, 0.3) is 134 Å². The molecule has 346 valence electrons. The lowest BCUT2D eigenvalue weighted by molar-refractivity contribution is 1.06. The molecular weight excluding hydrogens is 899 g/mol. The van der Waals surface area contributed by atoms with E-state index in [2.05, 4.69) is 270 Å². The average molecular weight is 944 g/mol. The normalized spacial score (nSPS) is 11.5. The molecule has 0 aliphatic carbocycles. The molecule has 0 saturated carbocycles. The molecule has 5 nitrogen and oxygen atoms in total. The van der Waals surface area contributed by atoms with Gasteiger partial charge in [0.15, 0.2) is 17.5 Å². The Morgan fingerprint density at radius 3 is 1.20 bits per heavy atom. The maximum atomic E-state index is 5.34. The largest absolute Gasteiger partial charge is 0.309 e. The van der Waals surface area contributed by atoms with E-state index in [4.69, 9.17) is 15.0 Å². The molecule has 0 radical (unpaired) electrons. The van der Waals surface area contributed by atoms with Crippen LogP contribution in [0.2, 0.25) is 0 Å². The Hall–Kier alpha value is -9.97. The van der Waals surface area contributed by atoms with Gasteiger partial charge in [-0.1, -0.05) is 224 Å². The van der Waals surface area contributed by atoms with E-state index in [0.717, 1.165) is 72.3 Å². The lowest BCUT2D eigenvalue weighted by Crippen LogP contribution is -2.03. The summed E-state index contributed by atoms with van der Waals surface area (Å²) in [5.41, 5.74) is 18.6. The van der Waals surface area contributed by atoms with Gasteiger partial charge in [0.05, 0.1) is 27.8 Å². The van der Waals surface area contributed by atoms with Crippen LogP contribution in [0.15, 0.2) is 273 Å². The van der Waals surface area contributed by atoms with Gasteiger partial charge in [0.2, 0.25) is 0 Å². The molecule has 3 aromatic heterocycles. The first kappa shape index (κ1) is 42.9. The lowest BCUT2D eigenvalue weighted by Gasteiger charge is -2.15. The summed E-state index contributed by atoms with van der Waals surface area (Å²) in [7, 11) is 0. The number of hydrogen-bond acceptors (Lipinski definition) is 3. The van der Waals surface area contributed by atoms with Crippen molar-refractivity contribution in [1.29, 1.82) is 0 Å². The Kier molecular flexibility index (Phi) is 10.4. The van der Waals surface area contributed by atoms with Crippen LogP contribution >= 0.6 is 0 Å². The number of fused-ring (bicyclic) bond motifs is 6. The third kappa shape index (κ3) is 7.37. The monoisotopic (exact) mass is 943 g/mol. The van der Waals surface area contributed by atoms with Crippen LogP contribution in [0.5, 0.6) is 0 Å². The fraction of sp³-hybridized carbons (Fsp3) is 0. The van der Waals surface area contributed by atoms with Crippen LogP contribution in [0.3, 0.4) is 0 Å². The molecule has 3 heterocycles. The highest BCUT2D eigenvalue weighted by molar-refractivity contribution is 6.22. The SMILES string of the molecule is c1ccc(-c2ccc(-c3nc(-c4ccc(-c5ccccc5)cc4)nc(-c4ccccc4-n4c5ccccc5c5c(-c6cccc7c6c6ccc(-c8ccccc8)cc6n7-c6ccccc6)cccc54)n3)cc2)cc1. The highest BCUT2D eigenvalue weighted by atomic mass is 15.1. The Morgan fingerprint density at radius 1 is 0.230 bits per heavy atom. The number of rotatable bonds is 9. The van der Waals surface area contributed by atoms with Gasteiger partial charge >= 0.3 is 0 Å². The summed E-state index contributed by atoms with van der Waals surface area (Å²) in [5, 5.41) is 4.77. The molecule has 0 aliphatic heterocycles. The Bertz CT molecular complexity index is 4270. The summed E-state index contributed by atoms with van der Waals surface area (Å²) in [6.45, 7) is 0. The summed E-state index contributed by atoms with van der Waals surface area (Å²) in [4.78, 5) is 15.9. The summed E-state index contributed by atoms with van der Waals surface area (Å²) in [6.07, 6.45) is 0. The second kappa shape index (κ2) is 18.0. The number of benzene rings is 11. The molecule has 11 aromatic carbocycles. The van der Waals surface area contributed by atoms with Crippen LogP contribution in [0, 0.1) is 0 Å². The molecule has 0 unspecified atom stereocenters. The molecule has 5 heteroatoms. The lowest BCUT2D eigenvalue weighted by atomic mass is 9.95. The molecule has 0 atom stereocenters. The van der Waals surface area contributed by atoms with Gasteiger partial charge in [-0.05, 0) is 93.0 Å². The van der Waals surface area contributed by atoms with Crippen LogP contribution in [-0.4, -0.2) is 24.1 Å². The van der Waals surface area contributed by atoms with Crippen molar-refractivity contribution in [3.05, 3.63) is 273 Å². The van der Waals surface area contributed by atoms with Crippen LogP contribution in [0.4, 0.5) is 0 Å². The summed E-state index contributed by atoms with van der Waals surface area (Å²) < 4.78 is 4.82. The molecule has 0 spiro atoms. The summed E-state index contributed by atoms with van der Waals surface area (Å²) in [5.74, 6) is 1.81. The first-order chi connectivity index (χ1) is 36.7. The Morgan fingerprint density at radius 2 is 0.622 bits per heavy atom. The van der Waals surface area contributed by atoms with Crippen molar-refractivity contribution >= 4 is 43.6 Å². The third-order valence-corrected chi connectivity index (χ3v) is 14.4. The summed E-state index contributed by atoms with van der Waals surface area (Å²) in [6, 6.07) is 97.1. The van der Waals surface area contributed by atoms with Gasteiger partial charge < -0.3 is 9.13 Å². The van der Waals surface area contributed by atoms with E-state index in [9.17, 15) is 0 Å². The van der Waals surface area contributed by atoms with E-state index < -0.39 is 0 Å². The van der Waals surface area contributed by atoms with Crippen LogP contribution in [-0.2, 0) is 0 Å². The minimum Gasteiger partial charge on any atom is -0.309 e. The maximum absolute atomic E-state index is 5.34. The van der Waals surface area contributed by atoms with Gasteiger partial charge in [0, 0.05) is 43.9 Å². The van der Waals surface area contributed by atoms with Gasteiger partial charge in [0.25, 0.3) is 0 Å². The van der Waals surface area contributed by atoms with Gasteiger partial charge in [-0.15, -0.1) is 0 Å². The summed E-state index contributed by atoms with van der Waals surface area (Å²) >= 11 is 0. The molecule has 14 aromatic rings. The van der Waals surface area contributed by atoms with Crippen molar-refractivity contribution in [1.82, 2.24) is 24.1 Å². The zero-order valence-electron chi connectivity index (χ0n) is 40.2. The van der Waals surface area contributed by atoms with Crippen molar-refractivity contribution in [3.8, 4) is 90.0 Å². The van der Waals surface area contributed by atoms with Crippen molar-refractivity contribution < 1.29 is 0 Å². The van der Waals surface area contributed by atoms with Crippen molar-refractivity contribution in [3.63, 3.8) is 0 Å². The molecular formula is C69H45N5. The standard InChI is InChI=1S/C69H45N5/c1-5-19-46(20-6-1)49-35-39-51(40-36-49)67-70-68(52-41-37-50(38-42-52)47-21-7-2-8-22-47)72-69(71-67)59-28-14-16-32-61(59)74-60-31-15-13-27-57(60)65-55(30-18-34-63(65)74)56-29-17-33-62-66(56)58-44-43-53(48-23-9-3-10-24-48)45-64(58)73(62)54-25-11-4-12-26-54/h1-45H. The first-order valence-corrected chi connectivity index (χ1v) is 25.1. The van der Waals surface area contributed by atoms with Gasteiger partial charge in [-0.25, -0.2) is 15.0 Å². The van der Waals surface area contributed by atoms with E-state index in [1.165, 1.54) is 43.9 Å². The second-order valence-electron chi connectivity index (χ2n) is 18.7. The maximum Gasteiger partial charge on any atom is 0.166 e. The van der Waals surface area contributed by atoms with Crippen molar-refractivity contribution in [2.75, 3.05) is 0 Å². The predicted molar refractivity (Wildman–Crippen MR) is 307 cm³/mol. The minimum absolute atomic E-state index is 0.593. The van der Waals surface area contributed by atoms with Crippen LogP contribution in [0.1, 0.15) is 0 Å². The smallest absolute Gasteiger partial charge is 0.166 e. The zero-order valence-corrected chi connectivity index (χ0v) is 40.2. The van der Waals surface area contributed by atoms with Gasteiger partial charge in [-0.2, -0.15) is 0 Å². The highest BCUT2D eigenvalue weighted by Gasteiger charge is 2.23. The van der Waals surface area contributed by atoms with E-state index >= 15 is 0 Å². The van der Waals surface area contributed by atoms with Crippen LogP contribution < -0.4 is 0 Å². The van der Waals surface area contributed by atoms with E-state index in [1.54, 1.807) is 0 Å². The number of nitrogens with zero attached hydrogens (tertiary/aromatic N) is 5. The molecule has 0 fully saturated rings. The zero-order chi connectivity index (χ0) is 49.0. The van der Waals surface area contributed by atoms with Gasteiger partial charge in [-0.3, -0.25) is 0 Å². The molecule has 0 bridgehead atoms. The van der Waals surface area contributed by atoms with E-state index in [1.807, 2.05) is 12.1 Å². The number of aromatic nitrogens is 5. The fourth-order valence-electron chi connectivity index (χ4n) is 11.0. The quantitative estimate of drug-likeness (QED) is 0.145. The molecule has 0 saturated heterocycles. The highest BCUT2D eigenvalue weighted by Crippen LogP contribution is 2.45. The molecule has 74 heavy (non-hydrogen) atoms. The Labute approximate surface area is 428 Å². The van der Waals surface area contributed by atoms with Crippen molar-refractivity contribution in [2.45, 2.75) is 0 Å². The first-order valence-electron chi connectivity index (χ1n) is 25.1. The Balaban J connectivity index is 0.962.